The molecule has 1 saturated heterocycles. The molecule has 0 atom stereocenters. The number of halogens is 3. The van der Waals surface area contributed by atoms with E-state index >= 15 is 0 Å². The maximum Gasteiger partial charge on any atom is 0.389 e. The number of rotatable bonds is 6. The number of nitrogens with zero attached hydrogens (tertiary/aromatic N) is 4. The van der Waals surface area contributed by atoms with Crippen LogP contribution >= 0.6 is 0 Å². The molecular formula is C15H21F3N4O. The van der Waals surface area contributed by atoms with Crippen molar-refractivity contribution in [3.8, 4) is 0 Å². The molecule has 1 aromatic rings. The normalized spacial score (nSPS) is 15.8. The maximum atomic E-state index is 12.3. The number of hydrogen-bond donors (Lipinski definition) is 0. The lowest BCUT2D eigenvalue weighted by Crippen LogP contribution is -2.40. The number of anilines is 1. The van der Waals surface area contributed by atoms with Crippen molar-refractivity contribution in [2.75, 3.05) is 31.6 Å². The van der Waals surface area contributed by atoms with Gasteiger partial charge in [0.15, 0.2) is 0 Å². The minimum atomic E-state index is -4.19. The largest absolute Gasteiger partial charge is 0.389 e. The Labute approximate surface area is 133 Å². The lowest BCUT2D eigenvalue weighted by molar-refractivity contribution is -0.134. The van der Waals surface area contributed by atoms with Crippen molar-refractivity contribution in [1.82, 2.24) is 14.9 Å². The van der Waals surface area contributed by atoms with Gasteiger partial charge in [0.05, 0.1) is 0 Å². The van der Waals surface area contributed by atoms with Crippen LogP contribution in [0.15, 0.2) is 12.3 Å². The molecule has 1 aromatic heterocycles. The van der Waals surface area contributed by atoms with Crippen LogP contribution in [0.25, 0.3) is 0 Å². The van der Waals surface area contributed by atoms with E-state index in [1.54, 1.807) is 11.9 Å². The number of likely N-dealkylation sites (N-methyl/N-ethyl adjacent to an activating group) is 1. The highest BCUT2D eigenvalue weighted by Gasteiger charge is 2.27. The molecular weight excluding hydrogens is 309 g/mol. The van der Waals surface area contributed by atoms with Crippen molar-refractivity contribution in [1.29, 1.82) is 0 Å². The Hall–Kier alpha value is -1.86. The lowest BCUT2D eigenvalue weighted by atomic mass is 10.1. The molecule has 1 amide bonds. The summed E-state index contributed by atoms with van der Waals surface area (Å²) in [4.78, 5) is 23.6. The number of amides is 1. The molecule has 0 N–H and O–H groups in total. The number of piperidine rings is 1. The zero-order chi connectivity index (χ0) is 16.9. The second-order valence-corrected chi connectivity index (χ2v) is 5.72. The molecule has 0 unspecified atom stereocenters. The van der Waals surface area contributed by atoms with E-state index in [9.17, 15) is 18.0 Å². The Bertz CT molecular complexity index is 536. The monoisotopic (exact) mass is 330 g/mol. The van der Waals surface area contributed by atoms with Crippen LogP contribution in [0, 0.1) is 0 Å². The Morgan fingerprint density at radius 1 is 1.35 bits per heavy atom. The predicted octanol–water partition coefficient (Wildman–Crippen LogP) is 2.42. The van der Waals surface area contributed by atoms with Crippen molar-refractivity contribution < 1.29 is 18.0 Å². The highest BCUT2D eigenvalue weighted by atomic mass is 19.4. The van der Waals surface area contributed by atoms with Gasteiger partial charge in [-0.05, 0) is 25.3 Å². The smallest absolute Gasteiger partial charge is 0.342 e. The van der Waals surface area contributed by atoms with E-state index in [1.165, 1.54) is 12.3 Å². The molecule has 1 aliphatic rings. The molecule has 1 fully saturated rings. The van der Waals surface area contributed by atoms with Gasteiger partial charge in [-0.25, -0.2) is 9.97 Å². The molecule has 23 heavy (non-hydrogen) atoms. The number of likely N-dealkylation sites (tertiary alicyclic amines) is 1. The first kappa shape index (κ1) is 17.5. The average molecular weight is 330 g/mol. The summed E-state index contributed by atoms with van der Waals surface area (Å²) in [7, 11) is 1.78. The topological polar surface area (TPSA) is 49.3 Å². The van der Waals surface area contributed by atoms with Crippen molar-refractivity contribution in [3.63, 3.8) is 0 Å². The van der Waals surface area contributed by atoms with E-state index in [4.69, 9.17) is 0 Å². The lowest BCUT2D eigenvalue weighted by Gasteiger charge is -2.28. The van der Waals surface area contributed by atoms with Crippen LogP contribution in [0.2, 0.25) is 0 Å². The van der Waals surface area contributed by atoms with Gasteiger partial charge in [-0.15, -0.1) is 0 Å². The van der Waals surface area contributed by atoms with Gasteiger partial charge in [0, 0.05) is 51.4 Å². The van der Waals surface area contributed by atoms with Crippen LogP contribution in [0.3, 0.4) is 0 Å². The first-order valence-corrected chi connectivity index (χ1v) is 7.73. The van der Waals surface area contributed by atoms with E-state index in [0.717, 1.165) is 19.4 Å². The number of aryl methyl sites for hydroxylation is 1. The molecule has 0 aliphatic carbocycles. The first-order chi connectivity index (χ1) is 10.8. The van der Waals surface area contributed by atoms with E-state index in [2.05, 4.69) is 9.97 Å². The van der Waals surface area contributed by atoms with Crippen LogP contribution in [0.4, 0.5) is 19.1 Å². The Morgan fingerprint density at radius 2 is 2.13 bits per heavy atom. The Morgan fingerprint density at radius 3 is 2.83 bits per heavy atom. The fourth-order valence-electron chi connectivity index (χ4n) is 2.45. The van der Waals surface area contributed by atoms with E-state index in [1.807, 2.05) is 4.90 Å². The van der Waals surface area contributed by atoms with Gasteiger partial charge in [-0.3, -0.25) is 4.79 Å². The second-order valence-electron chi connectivity index (χ2n) is 5.72. The zero-order valence-electron chi connectivity index (χ0n) is 13.1. The molecule has 128 valence electrons. The number of carbonyl (C=O) groups is 1. The van der Waals surface area contributed by atoms with Crippen molar-refractivity contribution >= 4 is 11.9 Å². The number of carbonyl (C=O) groups excluding carboxylic acids is 1. The Balaban J connectivity index is 1.88. The van der Waals surface area contributed by atoms with Crippen LogP contribution < -0.4 is 4.90 Å². The minimum Gasteiger partial charge on any atom is -0.342 e. The van der Waals surface area contributed by atoms with E-state index < -0.39 is 12.6 Å². The molecule has 1 aliphatic heterocycles. The highest BCUT2D eigenvalue weighted by Crippen LogP contribution is 2.21. The van der Waals surface area contributed by atoms with Crippen LogP contribution in [0.5, 0.6) is 0 Å². The first-order valence-electron chi connectivity index (χ1n) is 7.73. The summed E-state index contributed by atoms with van der Waals surface area (Å²) >= 11 is 0. The number of aromatic nitrogens is 2. The Kier molecular flexibility index (Phi) is 5.79. The fraction of sp³-hybridized carbons (Fsp3) is 0.667. The third kappa shape index (κ3) is 5.69. The number of alkyl halides is 3. The molecule has 0 aromatic carbocycles. The minimum absolute atomic E-state index is 0.155. The fourth-order valence-corrected chi connectivity index (χ4v) is 2.45. The second kappa shape index (κ2) is 7.61. The summed E-state index contributed by atoms with van der Waals surface area (Å²) in [5.41, 5.74) is 0.369. The summed E-state index contributed by atoms with van der Waals surface area (Å²) in [5, 5.41) is 0. The van der Waals surface area contributed by atoms with Gasteiger partial charge in [0.2, 0.25) is 11.9 Å². The summed E-state index contributed by atoms with van der Waals surface area (Å²) in [6.45, 7) is 1.89. The average Bonchev–Trinajstić information content (AvgIpc) is 2.51. The molecule has 2 rings (SSSR count). The summed E-state index contributed by atoms with van der Waals surface area (Å²) in [6.07, 6.45) is -1.23. The van der Waals surface area contributed by atoms with E-state index in [-0.39, 0.29) is 12.3 Å². The third-order valence-electron chi connectivity index (χ3n) is 3.83. The standard InChI is InChI=1S/C15H21F3N4O/c1-21(10-11-22-9-3-2-4-13(22)23)14-19-8-6-12(20-14)5-7-15(16,17)18/h6,8H,2-5,7,9-11H2,1H3. The van der Waals surface area contributed by atoms with Gasteiger partial charge < -0.3 is 9.80 Å². The molecule has 0 radical (unpaired) electrons. The molecule has 2 heterocycles. The zero-order valence-corrected chi connectivity index (χ0v) is 13.1. The maximum absolute atomic E-state index is 12.3. The predicted molar refractivity (Wildman–Crippen MR) is 80.1 cm³/mol. The summed E-state index contributed by atoms with van der Waals surface area (Å²) < 4.78 is 36.8. The van der Waals surface area contributed by atoms with Crippen LogP contribution in [-0.4, -0.2) is 53.6 Å². The van der Waals surface area contributed by atoms with Gasteiger partial charge >= 0.3 is 6.18 Å². The van der Waals surface area contributed by atoms with E-state index in [0.29, 0.717) is 31.2 Å². The molecule has 0 saturated carbocycles. The van der Waals surface area contributed by atoms with Gasteiger partial charge in [-0.2, -0.15) is 13.2 Å². The van der Waals surface area contributed by atoms with Gasteiger partial charge in [0.25, 0.3) is 0 Å². The van der Waals surface area contributed by atoms with Crippen molar-refractivity contribution in [2.24, 2.45) is 0 Å². The summed E-state index contributed by atoms with van der Waals surface area (Å²) in [6, 6.07) is 1.50. The van der Waals surface area contributed by atoms with Crippen LogP contribution in [-0.2, 0) is 11.2 Å². The van der Waals surface area contributed by atoms with Crippen molar-refractivity contribution in [3.05, 3.63) is 18.0 Å². The SMILES string of the molecule is CN(CCN1CCCCC1=O)c1nccc(CCC(F)(F)F)n1. The van der Waals surface area contributed by atoms with Crippen LogP contribution in [0.1, 0.15) is 31.4 Å². The molecule has 8 heteroatoms. The molecule has 0 bridgehead atoms. The molecule has 5 nitrogen and oxygen atoms in total. The highest BCUT2D eigenvalue weighted by molar-refractivity contribution is 5.76. The van der Waals surface area contributed by atoms with Crippen molar-refractivity contribution in [2.45, 2.75) is 38.3 Å². The quantitative estimate of drug-likeness (QED) is 0.804. The van der Waals surface area contributed by atoms with Gasteiger partial charge in [0.1, 0.15) is 0 Å². The third-order valence-corrected chi connectivity index (χ3v) is 3.83. The number of hydrogen-bond acceptors (Lipinski definition) is 4. The summed E-state index contributed by atoms with van der Waals surface area (Å²) in [5.74, 6) is 0.540. The van der Waals surface area contributed by atoms with Gasteiger partial charge in [-0.1, -0.05) is 0 Å². The molecule has 0 spiro atoms.